The summed E-state index contributed by atoms with van der Waals surface area (Å²) in [5.41, 5.74) is 1.72. The third kappa shape index (κ3) is 2.69. The van der Waals surface area contributed by atoms with Gasteiger partial charge in [-0.25, -0.2) is 9.37 Å². The zero-order chi connectivity index (χ0) is 12.3. The first-order chi connectivity index (χ1) is 8.16. The van der Waals surface area contributed by atoms with Gasteiger partial charge < -0.3 is 10.3 Å². The van der Waals surface area contributed by atoms with Crippen LogP contribution in [-0.4, -0.2) is 15.9 Å². The molecule has 1 aromatic carbocycles. The number of amides is 1. The van der Waals surface area contributed by atoms with Gasteiger partial charge in [0.05, 0.1) is 18.6 Å². The normalized spacial score (nSPS) is 10.2. The van der Waals surface area contributed by atoms with Crippen molar-refractivity contribution in [2.45, 2.75) is 13.5 Å². The SMILES string of the molecule is Cc1cc(C(=O)NCc2cnc[nH]2)ccc1F. The number of halogens is 1. The number of nitrogens with one attached hydrogen (secondary N) is 2. The molecule has 4 nitrogen and oxygen atoms in total. The lowest BCUT2D eigenvalue weighted by Crippen LogP contribution is -2.23. The Morgan fingerprint density at radius 1 is 1.53 bits per heavy atom. The number of carbonyl (C=O) groups excluding carboxylic acids is 1. The predicted octanol–water partition coefficient (Wildman–Crippen LogP) is 1.79. The van der Waals surface area contributed by atoms with Crippen LogP contribution in [0, 0.1) is 12.7 Å². The Morgan fingerprint density at radius 3 is 3.00 bits per heavy atom. The lowest BCUT2D eigenvalue weighted by atomic mass is 10.1. The van der Waals surface area contributed by atoms with Crippen LogP contribution in [0.25, 0.3) is 0 Å². The minimum absolute atomic E-state index is 0.234. The second-order valence-electron chi connectivity index (χ2n) is 3.72. The molecule has 0 radical (unpaired) electrons. The summed E-state index contributed by atoms with van der Waals surface area (Å²) in [6.07, 6.45) is 3.18. The molecule has 0 saturated carbocycles. The number of aromatic amines is 1. The molecular weight excluding hydrogens is 221 g/mol. The standard InChI is InChI=1S/C12H12FN3O/c1-8-4-9(2-3-11(8)13)12(17)15-6-10-5-14-7-16-10/h2-5,7H,6H2,1H3,(H,14,16)(H,15,17). The number of imidazole rings is 1. The highest BCUT2D eigenvalue weighted by molar-refractivity contribution is 5.94. The van der Waals surface area contributed by atoms with E-state index >= 15 is 0 Å². The minimum Gasteiger partial charge on any atom is -0.347 e. The Hall–Kier alpha value is -2.17. The number of aryl methyl sites for hydroxylation is 1. The van der Waals surface area contributed by atoms with Crippen LogP contribution < -0.4 is 5.32 Å². The maximum Gasteiger partial charge on any atom is 0.251 e. The molecule has 0 aliphatic carbocycles. The number of H-pyrrole nitrogens is 1. The molecule has 0 aliphatic heterocycles. The highest BCUT2D eigenvalue weighted by Crippen LogP contribution is 2.09. The van der Waals surface area contributed by atoms with Gasteiger partial charge in [0.2, 0.25) is 0 Å². The Kier molecular flexibility index (Phi) is 3.18. The Balaban J connectivity index is 2.02. The fourth-order valence-corrected chi connectivity index (χ4v) is 1.44. The molecule has 0 spiro atoms. The summed E-state index contributed by atoms with van der Waals surface area (Å²) in [4.78, 5) is 18.5. The molecule has 0 unspecified atom stereocenters. The number of aromatic nitrogens is 2. The van der Waals surface area contributed by atoms with Gasteiger partial charge in [0.1, 0.15) is 5.82 Å². The van der Waals surface area contributed by atoms with E-state index in [0.29, 0.717) is 17.7 Å². The second-order valence-corrected chi connectivity index (χ2v) is 3.72. The number of benzene rings is 1. The minimum atomic E-state index is -0.310. The monoisotopic (exact) mass is 233 g/mol. The predicted molar refractivity (Wildman–Crippen MR) is 60.9 cm³/mol. The first kappa shape index (κ1) is 11.3. The molecular formula is C12H12FN3O. The smallest absolute Gasteiger partial charge is 0.251 e. The highest BCUT2D eigenvalue weighted by Gasteiger charge is 2.07. The van der Waals surface area contributed by atoms with Crippen molar-refractivity contribution in [3.63, 3.8) is 0 Å². The lowest BCUT2D eigenvalue weighted by Gasteiger charge is -2.05. The van der Waals surface area contributed by atoms with Crippen LogP contribution in [0.15, 0.2) is 30.7 Å². The van der Waals surface area contributed by atoms with E-state index in [9.17, 15) is 9.18 Å². The number of hydrogen-bond donors (Lipinski definition) is 2. The quantitative estimate of drug-likeness (QED) is 0.849. The van der Waals surface area contributed by atoms with E-state index in [-0.39, 0.29) is 11.7 Å². The van der Waals surface area contributed by atoms with Gasteiger partial charge in [-0.2, -0.15) is 0 Å². The molecule has 2 rings (SSSR count). The van der Waals surface area contributed by atoms with E-state index in [4.69, 9.17) is 0 Å². The van der Waals surface area contributed by atoms with Crippen LogP contribution in [0.1, 0.15) is 21.6 Å². The molecule has 0 fully saturated rings. The zero-order valence-electron chi connectivity index (χ0n) is 9.33. The van der Waals surface area contributed by atoms with Crippen molar-refractivity contribution >= 4 is 5.91 Å². The van der Waals surface area contributed by atoms with Gasteiger partial charge in [-0.1, -0.05) is 0 Å². The van der Waals surface area contributed by atoms with E-state index in [2.05, 4.69) is 15.3 Å². The van der Waals surface area contributed by atoms with E-state index in [0.717, 1.165) is 5.69 Å². The summed E-state index contributed by atoms with van der Waals surface area (Å²) in [5.74, 6) is -0.544. The van der Waals surface area contributed by atoms with Gasteiger partial charge in [-0.15, -0.1) is 0 Å². The summed E-state index contributed by atoms with van der Waals surface area (Å²) in [6, 6.07) is 4.28. The molecule has 0 saturated heterocycles. The van der Waals surface area contributed by atoms with Gasteiger partial charge >= 0.3 is 0 Å². The van der Waals surface area contributed by atoms with Gasteiger partial charge in [0.25, 0.3) is 5.91 Å². The Labute approximate surface area is 97.9 Å². The average molecular weight is 233 g/mol. The number of hydrogen-bond acceptors (Lipinski definition) is 2. The number of carbonyl (C=O) groups is 1. The fourth-order valence-electron chi connectivity index (χ4n) is 1.44. The second kappa shape index (κ2) is 4.78. The molecule has 0 bridgehead atoms. The van der Waals surface area contributed by atoms with E-state index in [1.54, 1.807) is 19.4 Å². The van der Waals surface area contributed by atoms with Crippen LogP contribution in [0.2, 0.25) is 0 Å². The summed E-state index contributed by atoms with van der Waals surface area (Å²) in [7, 11) is 0. The van der Waals surface area contributed by atoms with E-state index < -0.39 is 0 Å². The summed E-state index contributed by atoms with van der Waals surface area (Å²) < 4.78 is 13.0. The summed E-state index contributed by atoms with van der Waals surface area (Å²) in [6.45, 7) is 2.00. The van der Waals surface area contributed by atoms with Gasteiger partial charge in [0.15, 0.2) is 0 Å². The van der Waals surface area contributed by atoms with Crippen molar-refractivity contribution in [2.24, 2.45) is 0 Å². The molecule has 2 N–H and O–H groups in total. The lowest BCUT2D eigenvalue weighted by molar-refractivity contribution is 0.0950. The van der Waals surface area contributed by atoms with Gasteiger partial charge in [0, 0.05) is 11.8 Å². The first-order valence-corrected chi connectivity index (χ1v) is 5.18. The largest absolute Gasteiger partial charge is 0.347 e. The molecule has 2 aromatic rings. The third-order valence-corrected chi connectivity index (χ3v) is 2.41. The van der Waals surface area contributed by atoms with Crippen LogP contribution >= 0.6 is 0 Å². The van der Waals surface area contributed by atoms with Crippen molar-refractivity contribution in [1.29, 1.82) is 0 Å². The summed E-state index contributed by atoms with van der Waals surface area (Å²) >= 11 is 0. The molecule has 1 amide bonds. The topological polar surface area (TPSA) is 57.8 Å². The van der Waals surface area contributed by atoms with Gasteiger partial charge in [-0.05, 0) is 30.7 Å². The van der Waals surface area contributed by atoms with Crippen molar-refractivity contribution in [2.75, 3.05) is 0 Å². The van der Waals surface area contributed by atoms with E-state index in [1.165, 1.54) is 18.2 Å². The maximum absolute atomic E-state index is 13.0. The van der Waals surface area contributed by atoms with Crippen LogP contribution in [0.3, 0.4) is 0 Å². The van der Waals surface area contributed by atoms with Crippen molar-refractivity contribution in [3.8, 4) is 0 Å². The number of rotatable bonds is 3. The van der Waals surface area contributed by atoms with Crippen LogP contribution in [-0.2, 0) is 6.54 Å². The Morgan fingerprint density at radius 2 is 2.35 bits per heavy atom. The first-order valence-electron chi connectivity index (χ1n) is 5.18. The van der Waals surface area contributed by atoms with Crippen molar-refractivity contribution < 1.29 is 9.18 Å². The van der Waals surface area contributed by atoms with Gasteiger partial charge in [-0.3, -0.25) is 4.79 Å². The molecule has 88 valence electrons. The molecule has 1 aromatic heterocycles. The fraction of sp³-hybridized carbons (Fsp3) is 0.167. The average Bonchev–Trinajstić information content (AvgIpc) is 2.82. The van der Waals surface area contributed by atoms with Crippen molar-refractivity contribution in [3.05, 3.63) is 53.4 Å². The zero-order valence-corrected chi connectivity index (χ0v) is 9.33. The molecule has 5 heteroatoms. The van der Waals surface area contributed by atoms with E-state index in [1.807, 2.05) is 0 Å². The number of nitrogens with zero attached hydrogens (tertiary/aromatic N) is 1. The third-order valence-electron chi connectivity index (χ3n) is 2.41. The molecule has 0 atom stereocenters. The van der Waals surface area contributed by atoms with Crippen LogP contribution in [0.5, 0.6) is 0 Å². The summed E-state index contributed by atoms with van der Waals surface area (Å²) in [5, 5.41) is 2.72. The molecule has 17 heavy (non-hydrogen) atoms. The molecule has 1 heterocycles. The van der Waals surface area contributed by atoms with Crippen LogP contribution in [0.4, 0.5) is 4.39 Å². The highest BCUT2D eigenvalue weighted by atomic mass is 19.1. The molecule has 0 aliphatic rings. The van der Waals surface area contributed by atoms with Crippen molar-refractivity contribution in [1.82, 2.24) is 15.3 Å². The maximum atomic E-state index is 13.0. The Bertz CT molecular complexity index is 523.